The van der Waals surface area contributed by atoms with E-state index < -0.39 is 0 Å². The first-order valence-electron chi connectivity index (χ1n) is 4.61. The molecule has 0 aromatic carbocycles. The van der Waals surface area contributed by atoms with E-state index in [0.29, 0.717) is 19.1 Å². The number of hydrogen-bond donors (Lipinski definition) is 1. The number of thiol groups is 1. The molecule has 0 rings (SSSR count). The maximum atomic E-state index is 5.41. The highest BCUT2D eigenvalue weighted by Crippen LogP contribution is 2.04. The molecular weight excluding hydrogens is 172 g/mol. The molecule has 74 valence electrons. The number of ether oxygens (including phenoxy) is 2. The van der Waals surface area contributed by atoms with Gasteiger partial charge in [-0.25, -0.2) is 0 Å². The highest BCUT2D eigenvalue weighted by Gasteiger charge is 2.02. The van der Waals surface area contributed by atoms with Gasteiger partial charge < -0.3 is 9.47 Å². The average molecular weight is 192 g/mol. The standard InChI is InChI=1S/C9H20O2S/c1-3-9(8-12)7-11-6-5-10-4-2/h9,12H,3-8H2,1-2H3. The van der Waals surface area contributed by atoms with Crippen LogP contribution in [0.1, 0.15) is 20.3 Å². The first-order valence-corrected chi connectivity index (χ1v) is 5.24. The summed E-state index contributed by atoms with van der Waals surface area (Å²) in [6, 6.07) is 0. The summed E-state index contributed by atoms with van der Waals surface area (Å²) in [6.45, 7) is 7.15. The van der Waals surface area contributed by atoms with Crippen molar-refractivity contribution in [3.05, 3.63) is 0 Å². The zero-order valence-electron chi connectivity index (χ0n) is 8.08. The van der Waals surface area contributed by atoms with Crippen molar-refractivity contribution in [1.29, 1.82) is 0 Å². The topological polar surface area (TPSA) is 18.5 Å². The summed E-state index contributed by atoms with van der Waals surface area (Å²) >= 11 is 4.23. The molecule has 1 unspecified atom stereocenters. The van der Waals surface area contributed by atoms with Gasteiger partial charge in [0.05, 0.1) is 19.8 Å². The van der Waals surface area contributed by atoms with Gasteiger partial charge in [0, 0.05) is 6.61 Å². The van der Waals surface area contributed by atoms with Gasteiger partial charge in [-0.2, -0.15) is 12.6 Å². The highest BCUT2D eigenvalue weighted by atomic mass is 32.1. The van der Waals surface area contributed by atoms with Gasteiger partial charge in [0.1, 0.15) is 0 Å². The Morgan fingerprint density at radius 3 is 2.33 bits per heavy atom. The Morgan fingerprint density at radius 1 is 1.17 bits per heavy atom. The van der Waals surface area contributed by atoms with Crippen LogP contribution in [0.2, 0.25) is 0 Å². The summed E-state index contributed by atoms with van der Waals surface area (Å²) in [5, 5.41) is 0. The number of rotatable bonds is 8. The third kappa shape index (κ3) is 6.95. The zero-order valence-corrected chi connectivity index (χ0v) is 8.98. The second-order valence-corrected chi connectivity index (χ2v) is 3.09. The van der Waals surface area contributed by atoms with Crippen molar-refractivity contribution < 1.29 is 9.47 Å². The summed E-state index contributed by atoms with van der Waals surface area (Å²) in [5.41, 5.74) is 0. The summed E-state index contributed by atoms with van der Waals surface area (Å²) < 4.78 is 10.5. The van der Waals surface area contributed by atoms with Gasteiger partial charge in [-0.3, -0.25) is 0 Å². The maximum absolute atomic E-state index is 5.41. The molecule has 0 heterocycles. The molecular formula is C9H20O2S. The predicted octanol–water partition coefficient (Wildman–Crippen LogP) is 2.00. The van der Waals surface area contributed by atoms with Crippen LogP contribution in [0.4, 0.5) is 0 Å². The quantitative estimate of drug-likeness (QED) is 0.468. The molecule has 0 aromatic heterocycles. The Morgan fingerprint density at radius 2 is 1.83 bits per heavy atom. The predicted molar refractivity (Wildman–Crippen MR) is 54.9 cm³/mol. The van der Waals surface area contributed by atoms with Gasteiger partial charge in [-0.05, 0) is 18.6 Å². The lowest BCUT2D eigenvalue weighted by molar-refractivity contribution is 0.0400. The van der Waals surface area contributed by atoms with Gasteiger partial charge in [-0.1, -0.05) is 13.3 Å². The molecule has 0 aromatic rings. The minimum absolute atomic E-state index is 0.593. The third-order valence-corrected chi connectivity index (χ3v) is 2.28. The molecule has 0 amide bonds. The molecule has 0 saturated heterocycles. The second-order valence-electron chi connectivity index (χ2n) is 2.73. The first kappa shape index (κ1) is 12.3. The van der Waals surface area contributed by atoms with Crippen LogP contribution in [0.3, 0.4) is 0 Å². The largest absolute Gasteiger partial charge is 0.379 e. The molecule has 0 aliphatic heterocycles. The summed E-state index contributed by atoms with van der Waals surface area (Å²) in [7, 11) is 0. The van der Waals surface area contributed by atoms with Crippen LogP contribution in [0.5, 0.6) is 0 Å². The van der Waals surface area contributed by atoms with Crippen molar-refractivity contribution in [2.75, 3.05) is 32.2 Å². The lowest BCUT2D eigenvalue weighted by Gasteiger charge is -2.11. The lowest BCUT2D eigenvalue weighted by atomic mass is 10.1. The molecule has 0 N–H and O–H groups in total. The van der Waals surface area contributed by atoms with Gasteiger partial charge in [0.25, 0.3) is 0 Å². The SMILES string of the molecule is CCOCCOCC(CC)CS. The van der Waals surface area contributed by atoms with Crippen molar-refractivity contribution in [1.82, 2.24) is 0 Å². The van der Waals surface area contributed by atoms with Crippen molar-refractivity contribution in [3.63, 3.8) is 0 Å². The van der Waals surface area contributed by atoms with E-state index >= 15 is 0 Å². The van der Waals surface area contributed by atoms with E-state index in [2.05, 4.69) is 19.6 Å². The molecule has 2 nitrogen and oxygen atoms in total. The summed E-state index contributed by atoms with van der Waals surface area (Å²) in [4.78, 5) is 0. The van der Waals surface area contributed by atoms with Crippen LogP contribution in [0.25, 0.3) is 0 Å². The van der Waals surface area contributed by atoms with Gasteiger partial charge in [-0.15, -0.1) is 0 Å². The fourth-order valence-corrected chi connectivity index (χ4v) is 1.18. The lowest BCUT2D eigenvalue weighted by Crippen LogP contribution is -2.13. The molecule has 0 saturated carbocycles. The fraction of sp³-hybridized carbons (Fsp3) is 1.00. The van der Waals surface area contributed by atoms with Crippen LogP contribution in [0, 0.1) is 5.92 Å². The molecule has 0 radical (unpaired) electrons. The van der Waals surface area contributed by atoms with Crippen LogP contribution in [-0.4, -0.2) is 32.2 Å². The third-order valence-electron chi connectivity index (χ3n) is 1.77. The molecule has 0 bridgehead atoms. The monoisotopic (exact) mass is 192 g/mol. The van der Waals surface area contributed by atoms with E-state index in [9.17, 15) is 0 Å². The molecule has 0 aliphatic rings. The normalized spacial score (nSPS) is 13.2. The van der Waals surface area contributed by atoms with Gasteiger partial charge in [0.15, 0.2) is 0 Å². The minimum Gasteiger partial charge on any atom is -0.379 e. The Balaban J connectivity index is 3.06. The molecule has 1 atom stereocenters. The van der Waals surface area contributed by atoms with E-state index in [0.717, 1.165) is 25.4 Å². The van der Waals surface area contributed by atoms with Crippen molar-refractivity contribution in [2.45, 2.75) is 20.3 Å². The molecule has 0 fully saturated rings. The average Bonchev–Trinajstić information content (AvgIpc) is 2.11. The van der Waals surface area contributed by atoms with Gasteiger partial charge in [0.2, 0.25) is 0 Å². The highest BCUT2D eigenvalue weighted by molar-refractivity contribution is 7.80. The van der Waals surface area contributed by atoms with Crippen LogP contribution < -0.4 is 0 Å². The van der Waals surface area contributed by atoms with Crippen LogP contribution >= 0.6 is 12.6 Å². The summed E-state index contributed by atoms with van der Waals surface area (Å²) in [6.07, 6.45) is 1.14. The Hall–Kier alpha value is 0.270. The minimum atomic E-state index is 0.593. The van der Waals surface area contributed by atoms with E-state index in [1.807, 2.05) is 6.92 Å². The first-order chi connectivity index (χ1) is 5.85. The van der Waals surface area contributed by atoms with Crippen LogP contribution in [0.15, 0.2) is 0 Å². The maximum Gasteiger partial charge on any atom is 0.0700 e. The Labute approximate surface area is 81.0 Å². The second kappa shape index (κ2) is 9.36. The van der Waals surface area contributed by atoms with E-state index in [1.54, 1.807) is 0 Å². The summed E-state index contributed by atoms with van der Waals surface area (Å²) in [5.74, 6) is 1.50. The molecule has 0 aliphatic carbocycles. The van der Waals surface area contributed by atoms with Gasteiger partial charge >= 0.3 is 0 Å². The van der Waals surface area contributed by atoms with Crippen molar-refractivity contribution >= 4 is 12.6 Å². The zero-order chi connectivity index (χ0) is 9.23. The molecule has 0 spiro atoms. The van der Waals surface area contributed by atoms with E-state index in [1.165, 1.54) is 0 Å². The van der Waals surface area contributed by atoms with E-state index in [4.69, 9.17) is 9.47 Å². The van der Waals surface area contributed by atoms with E-state index in [-0.39, 0.29) is 0 Å². The fourth-order valence-electron chi connectivity index (χ4n) is 0.812. The Kier molecular flexibility index (Phi) is 9.57. The van der Waals surface area contributed by atoms with Crippen LogP contribution in [-0.2, 0) is 9.47 Å². The molecule has 12 heavy (non-hydrogen) atoms. The molecule has 3 heteroatoms. The van der Waals surface area contributed by atoms with Crippen molar-refractivity contribution in [2.24, 2.45) is 5.92 Å². The number of hydrogen-bond acceptors (Lipinski definition) is 3. The smallest absolute Gasteiger partial charge is 0.0700 e. The Bertz CT molecular complexity index is 84.6. The van der Waals surface area contributed by atoms with Crippen molar-refractivity contribution in [3.8, 4) is 0 Å².